The maximum Gasteiger partial charge on any atom is 0.264 e. The van der Waals surface area contributed by atoms with Crippen LogP contribution in [0.15, 0.2) is 65.6 Å². The summed E-state index contributed by atoms with van der Waals surface area (Å²) in [6.45, 7) is 4.02. The number of carbonyl (C=O) groups excluding carboxylic acids is 1. The molecule has 1 N–H and O–H groups in total. The quantitative estimate of drug-likeness (QED) is 0.541. The van der Waals surface area contributed by atoms with Crippen molar-refractivity contribution in [2.45, 2.75) is 25.2 Å². The lowest BCUT2D eigenvalue weighted by atomic mass is 10.1. The first-order valence-electron chi connectivity index (χ1n) is 10.9. The van der Waals surface area contributed by atoms with Crippen molar-refractivity contribution in [3.8, 4) is 11.5 Å². The third kappa shape index (κ3) is 4.84. The number of para-hydroxylation sites is 1. The van der Waals surface area contributed by atoms with Crippen LogP contribution in [0.3, 0.4) is 0 Å². The summed E-state index contributed by atoms with van der Waals surface area (Å²) < 4.78 is 52.8. The maximum absolute atomic E-state index is 13.6. The van der Waals surface area contributed by atoms with E-state index in [2.05, 4.69) is 5.32 Å². The van der Waals surface area contributed by atoms with Gasteiger partial charge >= 0.3 is 0 Å². The number of aryl methyl sites for hydroxylation is 2. The fourth-order valence-corrected chi connectivity index (χ4v) is 5.18. The molecule has 0 bridgehead atoms. The number of ether oxygens (including phenoxy) is 2. The fourth-order valence-electron chi connectivity index (χ4n) is 3.75. The van der Waals surface area contributed by atoms with Crippen LogP contribution in [0.2, 0.25) is 0 Å². The smallest absolute Gasteiger partial charge is 0.264 e. The lowest BCUT2D eigenvalue weighted by molar-refractivity contribution is -0.114. The van der Waals surface area contributed by atoms with Crippen LogP contribution in [0.4, 0.5) is 15.8 Å². The predicted molar refractivity (Wildman–Crippen MR) is 128 cm³/mol. The van der Waals surface area contributed by atoms with E-state index in [1.165, 1.54) is 30.3 Å². The van der Waals surface area contributed by atoms with E-state index in [9.17, 15) is 17.6 Å². The Bertz CT molecular complexity index is 1310. The summed E-state index contributed by atoms with van der Waals surface area (Å²) >= 11 is 0. The van der Waals surface area contributed by atoms with Crippen molar-refractivity contribution in [3.63, 3.8) is 0 Å². The first-order valence-corrected chi connectivity index (χ1v) is 12.3. The second-order valence-electron chi connectivity index (χ2n) is 7.80. The number of hydrogen-bond acceptors (Lipinski definition) is 5. The summed E-state index contributed by atoms with van der Waals surface area (Å²) in [5, 5.41) is 2.85. The molecule has 9 heteroatoms. The molecule has 0 aliphatic carbocycles. The van der Waals surface area contributed by atoms with Crippen molar-refractivity contribution in [2.24, 2.45) is 0 Å². The van der Waals surface area contributed by atoms with Gasteiger partial charge < -0.3 is 14.8 Å². The van der Waals surface area contributed by atoms with Crippen molar-refractivity contribution in [1.29, 1.82) is 0 Å². The minimum absolute atomic E-state index is 0.0704. The Morgan fingerprint density at radius 1 is 1.03 bits per heavy atom. The van der Waals surface area contributed by atoms with E-state index in [4.69, 9.17) is 9.47 Å². The molecule has 7 nitrogen and oxygen atoms in total. The Kier molecular flexibility index (Phi) is 6.74. The van der Waals surface area contributed by atoms with E-state index in [1.807, 2.05) is 32.0 Å². The van der Waals surface area contributed by atoms with Gasteiger partial charge in [-0.25, -0.2) is 12.8 Å². The highest BCUT2D eigenvalue weighted by Crippen LogP contribution is 2.34. The highest BCUT2D eigenvalue weighted by atomic mass is 32.2. The standard InChI is InChI=1S/C25H25FN2O5S/c1-3-18-6-4-5-17(2)25(18)27-24(29)16-28(20-9-7-19(26)8-10-20)34(30,31)21-11-12-22-23(15-21)33-14-13-32-22/h4-12,15H,3,13-14,16H2,1-2H3,(H,27,29). The van der Waals surface area contributed by atoms with E-state index in [0.717, 1.165) is 27.6 Å². The number of nitrogens with zero attached hydrogens (tertiary/aromatic N) is 1. The van der Waals surface area contributed by atoms with Gasteiger partial charge in [-0.1, -0.05) is 25.1 Å². The SMILES string of the molecule is CCc1cccc(C)c1NC(=O)CN(c1ccc(F)cc1)S(=O)(=O)c1ccc2c(c1)OCCO2. The van der Waals surface area contributed by atoms with Crippen LogP contribution >= 0.6 is 0 Å². The van der Waals surface area contributed by atoms with Crippen LogP contribution in [0.1, 0.15) is 18.1 Å². The zero-order chi connectivity index (χ0) is 24.3. The molecule has 3 aromatic carbocycles. The number of fused-ring (bicyclic) bond motifs is 1. The number of rotatable bonds is 7. The minimum atomic E-state index is -4.20. The molecule has 0 radical (unpaired) electrons. The molecule has 1 amide bonds. The molecule has 3 aromatic rings. The van der Waals surface area contributed by atoms with Crippen molar-refractivity contribution < 1.29 is 27.1 Å². The maximum atomic E-state index is 13.6. The van der Waals surface area contributed by atoms with E-state index >= 15 is 0 Å². The monoisotopic (exact) mass is 484 g/mol. The molecule has 1 aliphatic heterocycles. The van der Waals surface area contributed by atoms with Gasteiger partial charge in [0.15, 0.2) is 11.5 Å². The normalized spacial score (nSPS) is 12.8. The zero-order valence-corrected chi connectivity index (χ0v) is 19.7. The zero-order valence-electron chi connectivity index (χ0n) is 18.9. The largest absolute Gasteiger partial charge is 0.486 e. The second-order valence-corrected chi connectivity index (χ2v) is 9.67. The summed E-state index contributed by atoms with van der Waals surface area (Å²) in [6, 6.07) is 14.9. The molecule has 0 saturated heterocycles. The number of benzene rings is 3. The lowest BCUT2D eigenvalue weighted by Gasteiger charge is -2.25. The average Bonchev–Trinajstić information content (AvgIpc) is 2.84. The van der Waals surface area contributed by atoms with Crippen molar-refractivity contribution in [2.75, 3.05) is 29.4 Å². The molecule has 0 atom stereocenters. The van der Waals surface area contributed by atoms with Gasteiger partial charge in [0.05, 0.1) is 10.6 Å². The van der Waals surface area contributed by atoms with Gasteiger partial charge in [-0.05, 0) is 60.9 Å². The molecule has 0 spiro atoms. The predicted octanol–water partition coefficient (Wildman–Crippen LogP) is 4.30. The Hall–Kier alpha value is -3.59. The number of carbonyl (C=O) groups is 1. The first-order chi connectivity index (χ1) is 16.3. The Morgan fingerprint density at radius 3 is 2.44 bits per heavy atom. The van der Waals surface area contributed by atoms with Gasteiger partial charge in [0.2, 0.25) is 5.91 Å². The topological polar surface area (TPSA) is 84.9 Å². The summed E-state index contributed by atoms with van der Waals surface area (Å²) in [7, 11) is -4.20. The Morgan fingerprint density at radius 2 is 1.74 bits per heavy atom. The van der Waals surface area contributed by atoms with Gasteiger partial charge in [-0.3, -0.25) is 9.10 Å². The van der Waals surface area contributed by atoms with Gasteiger partial charge in [-0.15, -0.1) is 0 Å². The van der Waals surface area contributed by atoms with Crippen molar-refractivity contribution in [3.05, 3.63) is 77.6 Å². The summed E-state index contributed by atoms with van der Waals surface area (Å²) in [4.78, 5) is 13.0. The third-order valence-corrected chi connectivity index (χ3v) is 7.28. The molecule has 1 aliphatic rings. The highest BCUT2D eigenvalue weighted by Gasteiger charge is 2.29. The Labute approximate surface area is 198 Å². The van der Waals surface area contributed by atoms with E-state index in [-0.39, 0.29) is 10.6 Å². The fraction of sp³-hybridized carbons (Fsp3) is 0.240. The van der Waals surface area contributed by atoms with Gasteiger partial charge in [0.25, 0.3) is 10.0 Å². The molecule has 178 valence electrons. The van der Waals surface area contributed by atoms with Crippen LogP contribution in [0.25, 0.3) is 0 Å². The van der Waals surface area contributed by atoms with Crippen LogP contribution in [-0.4, -0.2) is 34.1 Å². The van der Waals surface area contributed by atoms with Crippen LogP contribution in [0, 0.1) is 12.7 Å². The lowest BCUT2D eigenvalue weighted by Crippen LogP contribution is -2.38. The number of hydrogen-bond donors (Lipinski definition) is 1. The number of nitrogens with one attached hydrogen (secondary N) is 1. The summed E-state index contributed by atoms with van der Waals surface area (Å²) in [6.07, 6.45) is 0.703. The highest BCUT2D eigenvalue weighted by molar-refractivity contribution is 7.92. The number of sulfonamides is 1. The molecular formula is C25H25FN2O5S. The molecule has 0 aromatic heterocycles. The minimum Gasteiger partial charge on any atom is -0.486 e. The van der Waals surface area contributed by atoms with E-state index in [1.54, 1.807) is 0 Å². The van der Waals surface area contributed by atoms with Gasteiger partial charge in [0, 0.05) is 11.8 Å². The summed E-state index contributed by atoms with van der Waals surface area (Å²) in [5.74, 6) is -0.280. The Balaban J connectivity index is 1.69. The molecule has 4 rings (SSSR count). The number of amides is 1. The molecule has 0 saturated carbocycles. The first kappa shape index (κ1) is 23.6. The molecule has 0 unspecified atom stereocenters. The second kappa shape index (κ2) is 9.72. The van der Waals surface area contributed by atoms with E-state index < -0.39 is 28.3 Å². The van der Waals surface area contributed by atoms with Crippen molar-refractivity contribution in [1.82, 2.24) is 0 Å². The van der Waals surface area contributed by atoms with Crippen LogP contribution in [0.5, 0.6) is 11.5 Å². The third-order valence-electron chi connectivity index (χ3n) is 5.51. The number of anilines is 2. The van der Waals surface area contributed by atoms with E-state index in [0.29, 0.717) is 36.8 Å². The van der Waals surface area contributed by atoms with Crippen molar-refractivity contribution >= 4 is 27.3 Å². The summed E-state index contributed by atoms with van der Waals surface area (Å²) in [5.41, 5.74) is 2.63. The van der Waals surface area contributed by atoms with Gasteiger partial charge in [0.1, 0.15) is 25.6 Å². The average molecular weight is 485 g/mol. The number of halogens is 1. The molecule has 0 fully saturated rings. The van der Waals surface area contributed by atoms with Gasteiger partial charge in [-0.2, -0.15) is 0 Å². The van der Waals surface area contributed by atoms with Crippen LogP contribution < -0.4 is 19.1 Å². The molecule has 34 heavy (non-hydrogen) atoms. The molecular weight excluding hydrogens is 459 g/mol. The molecule has 1 heterocycles. The van der Waals surface area contributed by atoms with Crippen LogP contribution in [-0.2, 0) is 21.2 Å².